The van der Waals surface area contributed by atoms with Crippen molar-refractivity contribution in [2.24, 2.45) is 5.92 Å². The second-order valence-corrected chi connectivity index (χ2v) is 4.96. The second kappa shape index (κ2) is 5.50. The first-order valence-electron chi connectivity index (χ1n) is 6.39. The molecular formula is C14H21FN2. The summed E-state index contributed by atoms with van der Waals surface area (Å²) in [4.78, 5) is 2.32. The molecule has 17 heavy (non-hydrogen) atoms. The van der Waals surface area contributed by atoms with Crippen molar-refractivity contribution in [2.75, 3.05) is 25.0 Å². The molecule has 3 heteroatoms. The molecule has 1 aliphatic heterocycles. The first-order valence-corrected chi connectivity index (χ1v) is 6.39. The Morgan fingerprint density at radius 1 is 1.47 bits per heavy atom. The zero-order valence-electron chi connectivity index (χ0n) is 10.7. The third-order valence-corrected chi connectivity index (χ3v) is 3.45. The molecule has 0 aliphatic carbocycles. The summed E-state index contributed by atoms with van der Waals surface area (Å²) < 4.78 is 13.8. The van der Waals surface area contributed by atoms with Gasteiger partial charge in [0, 0.05) is 30.9 Å². The minimum Gasteiger partial charge on any atom is -0.371 e. The van der Waals surface area contributed by atoms with Crippen LogP contribution in [0.15, 0.2) is 18.2 Å². The van der Waals surface area contributed by atoms with Crippen LogP contribution in [-0.2, 0) is 6.54 Å². The van der Waals surface area contributed by atoms with Gasteiger partial charge in [-0.3, -0.25) is 0 Å². The molecule has 0 aromatic heterocycles. The molecule has 2 nitrogen and oxygen atoms in total. The van der Waals surface area contributed by atoms with E-state index in [-0.39, 0.29) is 5.82 Å². The number of nitrogens with zero attached hydrogens (tertiary/aromatic N) is 1. The molecule has 1 unspecified atom stereocenters. The van der Waals surface area contributed by atoms with Gasteiger partial charge in [-0.25, -0.2) is 4.39 Å². The molecule has 1 atom stereocenters. The Hall–Kier alpha value is -1.09. The minimum absolute atomic E-state index is 0.102. The van der Waals surface area contributed by atoms with E-state index >= 15 is 0 Å². The van der Waals surface area contributed by atoms with Gasteiger partial charge in [0.1, 0.15) is 5.82 Å². The van der Waals surface area contributed by atoms with E-state index in [4.69, 9.17) is 0 Å². The molecule has 1 aromatic rings. The monoisotopic (exact) mass is 236 g/mol. The standard InChI is InChI=1S/C14H21FN2/c1-11-5-4-8-17(10-11)14-7-3-6-13(15)12(14)9-16-2/h3,6-7,11,16H,4-5,8-10H2,1-2H3. The third kappa shape index (κ3) is 2.78. The van der Waals surface area contributed by atoms with Crippen LogP contribution in [0.3, 0.4) is 0 Å². The number of hydrogen-bond acceptors (Lipinski definition) is 2. The Morgan fingerprint density at radius 3 is 3.00 bits per heavy atom. The van der Waals surface area contributed by atoms with Crippen molar-refractivity contribution >= 4 is 5.69 Å². The molecule has 1 fully saturated rings. The number of piperidine rings is 1. The van der Waals surface area contributed by atoms with Crippen molar-refractivity contribution in [2.45, 2.75) is 26.3 Å². The van der Waals surface area contributed by atoms with Gasteiger partial charge in [0.15, 0.2) is 0 Å². The molecule has 1 heterocycles. The van der Waals surface area contributed by atoms with Crippen molar-refractivity contribution in [1.29, 1.82) is 0 Å². The van der Waals surface area contributed by atoms with E-state index in [9.17, 15) is 4.39 Å². The fraction of sp³-hybridized carbons (Fsp3) is 0.571. The number of nitrogens with one attached hydrogen (secondary N) is 1. The van der Waals surface area contributed by atoms with Gasteiger partial charge in [0.25, 0.3) is 0 Å². The summed E-state index contributed by atoms with van der Waals surface area (Å²) in [6.07, 6.45) is 2.49. The Kier molecular flexibility index (Phi) is 4.00. The highest BCUT2D eigenvalue weighted by atomic mass is 19.1. The fourth-order valence-corrected chi connectivity index (χ4v) is 2.60. The van der Waals surface area contributed by atoms with Gasteiger partial charge < -0.3 is 10.2 Å². The largest absolute Gasteiger partial charge is 0.371 e. The lowest BCUT2D eigenvalue weighted by Crippen LogP contribution is -2.35. The molecule has 2 rings (SSSR count). The molecule has 1 aliphatic rings. The van der Waals surface area contributed by atoms with E-state index < -0.39 is 0 Å². The molecule has 0 saturated carbocycles. The molecule has 0 bridgehead atoms. The molecule has 1 saturated heterocycles. The number of benzene rings is 1. The number of anilines is 1. The van der Waals surface area contributed by atoms with Crippen LogP contribution in [-0.4, -0.2) is 20.1 Å². The van der Waals surface area contributed by atoms with Gasteiger partial charge in [-0.05, 0) is 37.9 Å². The summed E-state index contributed by atoms with van der Waals surface area (Å²) in [5, 5.41) is 3.05. The van der Waals surface area contributed by atoms with Gasteiger partial charge in [0.2, 0.25) is 0 Å². The van der Waals surface area contributed by atoms with Gasteiger partial charge in [0.05, 0.1) is 0 Å². The SMILES string of the molecule is CNCc1c(F)cccc1N1CCCC(C)C1. The van der Waals surface area contributed by atoms with E-state index in [1.54, 1.807) is 6.07 Å². The van der Waals surface area contributed by atoms with Crippen LogP contribution in [0.1, 0.15) is 25.3 Å². The van der Waals surface area contributed by atoms with Crippen molar-refractivity contribution in [3.63, 3.8) is 0 Å². The predicted molar refractivity (Wildman–Crippen MR) is 69.8 cm³/mol. The summed E-state index contributed by atoms with van der Waals surface area (Å²) in [5.74, 6) is 0.601. The summed E-state index contributed by atoms with van der Waals surface area (Å²) in [6.45, 7) is 4.95. The zero-order valence-corrected chi connectivity index (χ0v) is 10.7. The lowest BCUT2D eigenvalue weighted by Gasteiger charge is -2.34. The Balaban J connectivity index is 2.27. The van der Waals surface area contributed by atoms with Crippen LogP contribution in [0, 0.1) is 11.7 Å². The Labute approximate surface area is 103 Å². The van der Waals surface area contributed by atoms with Crippen molar-refractivity contribution in [3.05, 3.63) is 29.6 Å². The van der Waals surface area contributed by atoms with Crippen LogP contribution in [0.25, 0.3) is 0 Å². The van der Waals surface area contributed by atoms with Gasteiger partial charge in [-0.1, -0.05) is 13.0 Å². The maximum absolute atomic E-state index is 13.8. The zero-order chi connectivity index (χ0) is 12.3. The van der Waals surface area contributed by atoms with Crippen molar-refractivity contribution in [3.8, 4) is 0 Å². The van der Waals surface area contributed by atoms with Crippen LogP contribution in [0.5, 0.6) is 0 Å². The maximum atomic E-state index is 13.8. The number of hydrogen-bond donors (Lipinski definition) is 1. The van der Waals surface area contributed by atoms with Crippen LogP contribution in [0.2, 0.25) is 0 Å². The van der Waals surface area contributed by atoms with E-state index in [1.165, 1.54) is 12.8 Å². The molecule has 0 spiro atoms. The lowest BCUT2D eigenvalue weighted by molar-refractivity contribution is 0.445. The van der Waals surface area contributed by atoms with E-state index in [2.05, 4.69) is 17.1 Å². The lowest BCUT2D eigenvalue weighted by atomic mass is 9.98. The second-order valence-electron chi connectivity index (χ2n) is 4.96. The molecule has 1 N–H and O–H groups in total. The summed E-state index contributed by atoms with van der Waals surface area (Å²) in [6, 6.07) is 5.39. The highest BCUT2D eigenvalue weighted by Gasteiger charge is 2.19. The Morgan fingerprint density at radius 2 is 2.29 bits per heavy atom. The molecule has 1 aromatic carbocycles. The molecule has 94 valence electrons. The average molecular weight is 236 g/mol. The van der Waals surface area contributed by atoms with Gasteiger partial charge in [-0.15, -0.1) is 0 Å². The fourth-order valence-electron chi connectivity index (χ4n) is 2.60. The summed E-state index contributed by atoms with van der Waals surface area (Å²) in [5.41, 5.74) is 1.86. The van der Waals surface area contributed by atoms with Crippen LogP contribution < -0.4 is 10.2 Å². The van der Waals surface area contributed by atoms with Crippen molar-refractivity contribution in [1.82, 2.24) is 5.32 Å². The highest BCUT2D eigenvalue weighted by molar-refractivity contribution is 5.54. The van der Waals surface area contributed by atoms with Crippen molar-refractivity contribution < 1.29 is 4.39 Å². The molecule has 0 amide bonds. The average Bonchev–Trinajstić information content (AvgIpc) is 2.32. The quantitative estimate of drug-likeness (QED) is 0.868. The first-order chi connectivity index (χ1) is 8.22. The minimum atomic E-state index is -0.102. The predicted octanol–water partition coefficient (Wildman–Crippen LogP) is 2.78. The third-order valence-electron chi connectivity index (χ3n) is 3.45. The summed E-state index contributed by atoms with van der Waals surface area (Å²) >= 11 is 0. The topological polar surface area (TPSA) is 15.3 Å². The van der Waals surface area contributed by atoms with E-state index in [0.29, 0.717) is 12.5 Å². The summed E-state index contributed by atoms with van der Waals surface area (Å²) in [7, 11) is 1.86. The molecule has 0 radical (unpaired) electrons. The van der Waals surface area contributed by atoms with Crippen LogP contribution >= 0.6 is 0 Å². The smallest absolute Gasteiger partial charge is 0.129 e. The van der Waals surface area contributed by atoms with Gasteiger partial charge in [-0.2, -0.15) is 0 Å². The highest BCUT2D eigenvalue weighted by Crippen LogP contribution is 2.27. The van der Waals surface area contributed by atoms with E-state index in [1.807, 2.05) is 19.2 Å². The first kappa shape index (κ1) is 12.4. The van der Waals surface area contributed by atoms with Gasteiger partial charge >= 0.3 is 0 Å². The number of rotatable bonds is 3. The number of halogens is 1. The van der Waals surface area contributed by atoms with E-state index in [0.717, 1.165) is 24.3 Å². The Bertz CT molecular complexity index is 378. The normalized spacial score (nSPS) is 20.6. The maximum Gasteiger partial charge on any atom is 0.129 e. The molecular weight excluding hydrogens is 215 g/mol. The van der Waals surface area contributed by atoms with Crippen LogP contribution in [0.4, 0.5) is 10.1 Å².